The lowest BCUT2D eigenvalue weighted by Gasteiger charge is -2.19. The fraction of sp³-hybridized carbons (Fsp3) is 0.267. The highest BCUT2D eigenvalue weighted by atomic mass is 79.9. The first-order valence-electron chi connectivity index (χ1n) is 6.39. The molecule has 1 N–H and O–H groups in total. The summed E-state index contributed by atoms with van der Waals surface area (Å²) in [6.07, 6.45) is 2.49. The van der Waals surface area contributed by atoms with Crippen molar-refractivity contribution in [3.8, 4) is 0 Å². The molecule has 1 aromatic carbocycles. The van der Waals surface area contributed by atoms with Gasteiger partial charge in [0, 0.05) is 33.3 Å². The zero-order chi connectivity index (χ0) is 14.5. The van der Waals surface area contributed by atoms with Crippen molar-refractivity contribution in [3.05, 3.63) is 62.5 Å². The molecule has 0 aliphatic heterocycles. The monoisotopic (exact) mass is 400 g/mol. The average Bonchev–Trinajstić information content (AvgIpc) is 2.43. The zero-order valence-electron chi connectivity index (χ0n) is 11.0. The number of aromatic nitrogens is 1. The summed E-state index contributed by atoms with van der Waals surface area (Å²) >= 11 is 6.86. The van der Waals surface area contributed by atoms with Crippen LogP contribution in [0.1, 0.15) is 24.2 Å². The fourth-order valence-corrected chi connectivity index (χ4v) is 2.81. The molecule has 0 aliphatic carbocycles. The quantitative estimate of drug-likeness (QED) is 0.789. The van der Waals surface area contributed by atoms with Gasteiger partial charge < -0.3 is 5.32 Å². The van der Waals surface area contributed by atoms with Crippen LogP contribution in [0.2, 0.25) is 0 Å². The van der Waals surface area contributed by atoms with Crippen molar-refractivity contribution in [1.82, 2.24) is 10.3 Å². The molecule has 0 saturated heterocycles. The smallest absolute Gasteiger partial charge is 0.123 e. The van der Waals surface area contributed by atoms with Gasteiger partial charge in [0.05, 0.1) is 0 Å². The maximum Gasteiger partial charge on any atom is 0.123 e. The highest BCUT2D eigenvalue weighted by Gasteiger charge is 2.15. The number of pyridine rings is 1. The summed E-state index contributed by atoms with van der Waals surface area (Å²) < 4.78 is 15.3. The van der Waals surface area contributed by atoms with E-state index in [4.69, 9.17) is 0 Å². The molecule has 1 heterocycles. The van der Waals surface area contributed by atoms with Crippen molar-refractivity contribution < 1.29 is 4.39 Å². The van der Waals surface area contributed by atoms with Gasteiger partial charge in [0.25, 0.3) is 0 Å². The second-order valence-electron chi connectivity index (χ2n) is 4.45. The van der Waals surface area contributed by atoms with Crippen molar-refractivity contribution >= 4 is 31.9 Å². The van der Waals surface area contributed by atoms with Gasteiger partial charge in [-0.25, -0.2) is 4.39 Å². The van der Waals surface area contributed by atoms with E-state index >= 15 is 0 Å². The van der Waals surface area contributed by atoms with Gasteiger partial charge in [-0.1, -0.05) is 22.9 Å². The Morgan fingerprint density at radius 3 is 2.70 bits per heavy atom. The number of halogens is 3. The molecule has 0 radical (unpaired) electrons. The fourth-order valence-electron chi connectivity index (χ4n) is 2.06. The molecule has 1 unspecified atom stereocenters. The van der Waals surface area contributed by atoms with Crippen molar-refractivity contribution in [2.24, 2.45) is 0 Å². The SMILES string of the molecule is CCNC(Cc1ccc(Br)cn1)c1cc(F)ccc1Br. The molecule has 2 rings (SSSR count). The van der Waals surface area contributed by atoms with Gasteiger partial charge in [-0.05, 0) is 58.4 Å². The summed E-state index contributed by atoms with van der Waals surface area (Å²) in [4.78, 5) is 4.38. The molecule has 1 atom stereocenters. The molecule has 1 aromatic heterocycles. The molecule has 0 aliphatic rings. The lowest BCUT2D eigenvalue weighted by Crippen LogP contribution is -2.23. The molecule has 0 fully saturated rings. The number of hydrogen-bond donors (Lipinski definition) is 1. The summed E-state index contributed by atoms with van der Waals surface area (Å²) in [6, 6.07) is 8.72. The van der Waals surface area contributed by atoms with E-state index in [1.165, 1.54) is 6.07 Å². The molecule has 0 bridgehead atoms. The zero-order valence-corrected chi connectivity index (χ0v) is 14.2. The molecular formula is C15H15Br2FN2. The normalized spacial score (nSPS) is 12.4. The number of rotatable bonds is 5. The Morgan fingerprint density at radius 1 is 1.25 bits per heavy atom. The molecule has 106 valence electrons. The topological polar surface area (TPSA) is 24.9 Å². The minimum atomic E-state index is -0.227. The van der Waals surface area contributed by atoms with Gasteiger partial charge >= 0.3 is 0 Å². The molecule has 5 heteroatoms. The van der Waals surface area contributed by atoms with E-state index in [0.717, 1.165) is 26.7 Å². The summed E-state index contributed by atoms with van der Waals surface area (Å²) in [5.41, 5.74) is 1.88. The van der Waals surface area contributed by atoms with Crippen LogP contribution in [0.15, 0.2) is 45.5 Å². The Bertz CT molecular complexity index is 573. The van der Waals surface area contributed by atoms with E-state index in [1.807, 2.05) is 19.1 Å². The van der Waals surface area contributed by atoms with Crippen LogP contribution in [0.4, 0.5) is 4.39 Å². The first-order valence-corrected chi connectivity index (χ1v) is 7.97. The van der Waals surface area contributed by atoms with E-state index in [0.29, 0.717) is 6.42 Å². The first kappa shape index (κ1) is 15.6. The molecule has 0 amide bonds. The maximum absolute atomic E-state index is 13.5. The standard InChI is InChI=1S/C15H15Br2FN2/c1-2-19-15(8-12-5-3-10(16)9-20-12)13-7-11(18)4-6-14(13)17/h3-7,9,15,19H,2,8H2,1H3. The third-order valence-electron chi connectivity index (χ3n) is 2.99. The van der Waals surface area contributed by atoms with E-state index in [-0.39, 0.29) is 11.9 Å². The average molecular weight is 402 g/mol. The Hall–Kier alpha value is -0.780. The second-order valence-corrected chi connectivity index (χ2v) is 6.22. The lowest BCUT2D eigenvalue weighted by atomic mass is 10.0. The summed E-state index contributed by atoms with van der Waals surface area (Å²) in [6.45, 7) is 2.85. The van der Waals surface area contributed by atoms with Gasteiger partial charge in [0.15, 0.2) is 0 Å². The maximum atomic E-state index is 13.5. The first-order chi connectivity index (χ1) is 9.60. The van der Waals surface area contributed by atoms with Crippen molar-refractivity contribution in [3.63, 3.8) is 0 Å². The van der Waals surface area contributed by atoms with Crippen LogP contribution in [-0.4, -0.2) is 11.5 Å². The van der Waals surface area contributed by atoms with Gasteiger partial charge in [0.1, 0.15) is 5.82 Å². The van der Waals surface area contributed by atoms with Gasteiger partial charge in [-0.2, -0.15) is 0 Å². The number of benzene rings is 1. The Kier molecular flexibility index (Phi) is 5.69. The molecular weight excluding hydrogens is 387 g/mol. The van der Waals surface area contributed by atoms with Crippen LogP contribution in [0.25, 0.3) is 0 Å². The second kappa shape index (κ2) is 7.29. The number of likely N-dealkylation sites (N-methyl/N-ethyl adjacent to an activating group) is 1. The van der Waals surface area contributed by atoms with E-state index in [2.05, 4.69) is 42.2 Å². The van der Waals surface area contributed by atoms with Crippen molar-refractivity contribution in [2.45, 2.75) is 19.4 Å². The Balaban J connectivity index is 2.26. The molecule has 2 nitrogen and oxygen atoms in total. The minimum absolute atomic E-state index is 0.0266. The van der Waals surface area contributed by atoms with E-state index in [9.17, 15) is 4.39 Å². The summed E-state index contributed by atoms with van der Waals surface area (Å²) in [7, 11) is 0. The van der Waals surface area contributed by atoms with Crippen LogP contribution in [0.3, 0.4) is 0 Å². The predicted octanol–water partition coefficient (Wildman–Crippen LogP) is 4.64. The number of nitrogens with one attached hydrogen (secondary N) is 1. The van der Waals surface area contributed by atoms with Crippen LogP contribution in [-0.2, 0) is 6.42 Å². The molecule has 20 heavy (non-hydrogen) atoms. The van der Waals surface area contributed by atoms with Crippen LogP contribution < -0.4 is 5.32 Å². The molecule has 2 aromatic rings. The minimum Gasteiger partial charge on any atom is -0.310 e. The molecule has 0 spiro atoms. The largest absolute Gasteiger partial charge is 0.310 e. The van der Waals surface area contributed by atoms with Crippen LogP contribution >= 0.6 is 31.9 Å². The summed E-state index contributed by atoms with van der Waals surface area (Å²) in [5, 5.41) is 3.38. The van der Waals surface area contributed by atoms with Crippen LogP contribution in [0.5, 0.6) is 0 Å². The number of hydrogen-bond acceptors (Lipinski definition) is 2. The predicted molar refractivity (Wildman–Crippen MR) is 86.2 cm³/mol. The third-order valence-corrected chi connectivity index (χ3v) is 4.18. The third kappa shape index (κ3) is 4.11. The van der Waals surface area contributed by atoms with Crippen molar-refractivity contribution in [2.75, 3.05) is 6.54 Å². The Labute approximate surface area is 135 Å². The van der Waals surface area contributed by atoms with Gasteiger partial charge in [-0.15, -0.1) is 0 Å². The lowest BCUT2D eigenvalue weighted by molar-refractivity contribution is 0.535. The van der Waals surface area contributed by atoms with Gasteiger partial charge in [-0.3, -0.25) is 4.98 Å². The highest BCUT2D eigenvalue weighted by Crippen LogP contribution is 2.27. The van der Waals surface area contributed by atoms with E-state index < -0.39 is 0 Å². The Morgan fingerprint density at radius 2 is 2.05 bits per heavy atom. The van der Waals surface area contributed by atoms with E-state index in [1.54, 1.807) is 18.3 Å². The number of nitrogens with zero attached hydrogens (tertiary/aromatic N) is 1. The molecule has 0 saturated carbocycles. The van der Waals surface area contributed by atoms with Crippen LogP contribution in [0, 0.1) is 5.82 Å². The van der Waals surface area contributed by atoms with Gasteiger partial charge in [0.2, 0.25) is 0 Å². The summed E-state index contributed by atoms with van der Waals surface area (Å²) in [5.74, 6) is -0.227. The highest BCUT2D eigenvalue weighted by molar-refractivity contribution is 9.10. The van der Waals surface area contributed by atoms with Crippen molar-refractivity contribution in [1.29, 1.82) is 0 Å².